The van der Waals surface area contributed by atoms with Gasteiger partial charge in [-0.05, 0) is 37.5 Å². The van der Waals surface area contributed by atoms with Gasteiger partial charge in [0.25, 0.3) is 0 Å². The SMILES string of the molecule is C[C@H](CCc1ccccc1)NC(=O)Cn1cnc2ccccc21. The molecule has 0 aliphatic carbocycles. The Labute approximate surface area is 136 Å². The molecule has 1 aromatic heterocycles. The molecule has 1 N–H and O–H groups in total. The summed E-state index contributed by atoms with van der Waals surface area (Å²) in [6.45, 7) is 2.35. The molecule has 4 heteroatoms. The molecule has 0 unspecified atom stereocenters. The maximum atomic E-state index is 12.2. The first-order chi connectivity index (χ1) is 11.2. The van der Waals surface area contributed by atoms with Crippen LogP contribution in [0.25, 0.3) is 11.0 Å². The molecule has 0 spiro atoms. The van der Waals surface area contributed by atoms with Crippen molar-refractivity contribution in [1.82, 2.24) is 14.9 Å². The molecule has 1 amide bonds. The van der Waals surface area contributed by atoms with E-state index in [0.717, 1.165) is 23.9 Å². The minimum absolute atomic E-state index is 0.0220. The highest BCUT2D eigenvalue weighted by atomic mass is 16.2. The lowest BCUT2D eigenvalue weighted by Crippen LogP contribution is -2.35. The third kappa shape index (κ3) is 3.97. The summed E-state index contributed by atoms with van der Waals surface area (Å²) >= 11 is 0. The molecular weight excluding hydrogens is 286 g/mol. The zero-order valence-corrected chi connectivity index (χ0v) is 13.3. The highest BCUT2D eigenvalue weighted by Gasteiger charge is 2.10. The minimum Gasteiger partial charge on any atom is -0.352 e. The summed E-state index contributed by atoms with van der Waals surface area (Å²) in [5.41, 5.74) is 3.20. The van der Waals surface area contributed by atoms with Crippen molar-refractivity contribution >= 4 is 16.9 Å². The molecule has 0 aliphatic heterocycles. The van der Waals surface area contributed by atoms with Gasteiger partial charge in [0, 0.05) is 6.04 Å². The maximum Gasteiger partial charge on any atom is 0.240 e. The number of imidazole rings is 1. The molecule has 23 heavy (non-hydrogen) atoms. The molecule has 3 rings (SSSR count). The second kappa shape index (κ2) is 7.09. The van der Waals surface area contributed by atoms with Crippen LogP contribution in [0, 0.1) is 0 Å². The average molecular weight is 307 g/mol. The molecule has 1 heterocycles. The molecule has 0 fully saturated rings. The molecule has 4 nitrogen and oxygen atoms in total. The van der Waals surface area contributed by atoms with Crippen LogP contribution in [0.15, 0.2) is 60.9 Å². The number of amides is 1. The smallest absolute Gasteiger partial charge is 0.240 e. The number of carbonyl (C=O) groups is 1. The van der Waals surface area contributed by atoms with Gasteiger partial charge in [-0.25, -0.2) is 4.98 Å². The van der Waals surface area contributed by atoms with E-state index >= 15 is 0 Å². The van der Waals surface area contributed by atoms with E-state index in [2.05, 4.69) is 22.4 Å². The summed E-state index contributed by atoms with van der Waals surface area (Å²) in [7, 11) is 0. The van der Waals surface area contributed by atoms with Crippen molar-refractivity contribution in [3.8, 4) is 0 Å². The lowest BCUT2D eigenvalue weighted by Gasteiger charge is -2.14. The van der Waals surface area contributed by atoms with Gasteiger partial charge in [0.15, 0.2) is 0 Å². The van der Waals surface area contributed by atoms with Crippen LogP contribution in [0.5, 0.6) is 0 Å². The second-order valence-electron chi connectivity index (χ2n) is 5.85. The number of rotatable bonds is 6. The zero-order chi connectivity index (χ0) is 16.1. The summed E-state index contributed by atoms with van der Waals surface area (Å²) in [5.74, 6) is 0.0220. The molecule has 0 aliphatic rings. The second-order valence-corrected chi connectivity index (χ2v) is 5.85. The van der Waals surface area contributed by atoms with Gasteiger partial charge in [-0.15, -0.1) is 0 Å². The van der Waals surface area contributed by atoms with E-state index in [4.69, 9.17) is 0 Å². The van der Waals surface area contributed by atoms with Gasteiger partial charge < -0.3 is 9.88 Å². The Kier molecular flexibility index (Phi) is 4.71. The Morgan fingerprint density at radius 3 is 2.70 bits per heavy atom. The Morgan fingerprint density at radius 2 is 1.87 bits per heavy atom. The van der Waals surface area contributed by atoms with E-state index in [9.17, 15) is 4.79 Å². The number of nitrogens with zero attached hydrogens (tertiary/aromatic N) is 2. The van der Waals surface area contributed by atoms with Crippen molar-refractivity contribution in [2.24, 2.45) is 0 Å². The Hall–Kier alpha value is -2.62. The van der Waals surface area contributed by atoms with Crippen molar-refractivity contribution in [3.63, 3.8) is 0 Å². The molecule has 2 aromatic carbocycles. The van der Waals surface area contributed by atoms with Crippen molar-refractivity contribution in [2.45, 2.75) is 32.4 Å². The van der Waals surface area contributed by atoms with Crippen LogP contribution in [0.1, 0.15) is 18.9 Å². The fourth-order valence-corrected chi connectivity index (χ4v) is 2.71. The van der Waals surface area contributed by atoms with Gasteiger partial charge in [0.1, 0.15) is 6.54 Å². The molecule has 0 saturated carbocycles. The zero-order valence-electron chi connectivity index (χ0n) is 13.3. The first-order valence-corrected chi connectivity index (χ1v) is 7.95. The fraction of sp³-hybridized carbons (Fsp3) is 0.263. The third-order valence-electron chi connectivity index (χ3n) is 3.96. The highest BCUT2D eigenvalue weighted by molar-refractivity contribution is 5.80. The summed E-state index contributed by atoms with van der Waals surface area (Å²) in [6.07, 6.45) is 3.62. The predicted molar refractivity (Wildman–Crippen MR) is 92.1 cm³/mol. The van der Waals surface area contributed by atoms with Gasteiger partial charge in [0.2, 0.25) is 5.91 Å². The van der Waals surface area contributed by atoms with Crippen molar-refractivity contribution in [2.75, 3.05) is 0 Å². The van der Waals surface area contributed by atoms with E-state index in [-0.39, 0.29) is 11.9 Å². The third-order valence-corrected chi connectivity index (χ3v) is 3.96. The van der Waals surface area contributed by atoms with Crippen LogP contribution < -0.4 is 5.32 Å². The summed E-state index contributed by atoms with van der Waals surface area (Å²) in [6, 6.07) is 18.3. The molecular formula is C19H21N3O. The topological polar surface area (TPSA) is 46.9 Å². The lowest BCUT2D eigenvalue weighted by molar-refractivity contribution is -0.122. The fourth-order valence-electron chi connectivity index (χ4n) is 2.71. The molecule has 3 aromatic rings. The van der Waals surface area contributed by atoms with Gasteiger partial charge in [0.05, 0.1) is 17.4 Å². The van der Waals surface area contributed by atoms with E-state index < -0.39 is 0 Å². The molecule has 0 bridgehead atoms. The Balaban J connectivity index is 1.52. The number of nitrogens with one attached hydrogen (secondary N) is 1. The van der Waals surface area contributed by atoms with Crippen LogP contribution >= 0.6 is 0 Å². The number of hydrogen-bond acceptors (Lipinski definition) is 2. The van der Waals surface area contributed by atoms with Crippen LogP contribution in [-0.4, -0.2) is 21.5 Å². The summed E-state index contributed by atoms with van der Waals surface area (Å²) in [4.78, 5) is 16.5. The number of para-hydroxylation sites is 2. The Bertz CT molecular complexity index is 779. The molecule has 1 atom stereocenters. The molecule has 0 radical (unpaired) electrons. The van der Waals surface area contributed by atoms with Gasteiger partial charge >= 0.3 is 0 Å². The predicted octanol–water partition coefficient (Wildman–Crippen LogP) is 3.17. The van der Waals surface area contributed by atoms with Crippen molar-refractivity contribution in [3.05, 3.63) is 66.5 Å². The van der Waals surface area contributed by atoms with Crippen molar-refractivity contribution < 1.29 is 4.79 Å². The van der Waals surface area contributed by atoms with Gasteiger partial charge in [-0.1, -0.05) is 42.5 Å². The van der Waals surface area contributed by atoms with Crippen LogP contribution in [-0.2, 0) is 17.8 Å². The highest BCUT2D eigenvalue weighted by Crippen LogP contribution is 2.11. The summed E-state index contributed by atoms with van der Waals surface area (Å²) < 4.78 is 1.88. The Morgan fingerprint density at radius 1 is 1.13 bits per heavy atom. The van der Waals surface area contributed by atoms with E-state index in [1.54, 1.807) is 6.33 Å². The first kappa shape index (κ1) is 15.3. The van der Waals surface area contributed by atoms with Crippen LogP contribution in [0.3, 0.4) is 0 Å². The van der Waals surface area contributed by atoms with Crippen molar-refractivity contribution in [1.29, 1.82) is 0 Å². The molecule has 118 valence electrons. The average Bonchev–Trinajstić information content (AvgIpc) is 2.97. The minimum atomic E-state index is 0.0220. The van der Waals surface area contributed by atoms with Gasteiger partial charge in [-0.3, -0.25) is 4.79 Å². The number of aromatic nitrogens is 2. The molecule has 0 saturated heterocycles. The standard InChI is InChI=1S/C19H21N3O/c1-15(11-12-16-7-3-2-4-8-16)21-19(23)13-22-14-20-17-9-5-6-10-18(17)22/h2-10,14-15H,11-13H2,1H3,(H,21,23)/t15-/m1/s1. The van der Waals surface area contributed by atoms with E-state index in [1.807, 2.05) is 54.0 Å². The monoisotopic (exact) mass is 307 g/mol. The maximum absolute atomic E-state index is 12.2. The number of carbonyl (C=O) groups excluding carboxylic acids is 1. The first-order valence-electron chi connectivity index (χ1n) is 7.95. The quantitative estimate of drug-likeness (QED) is 0.760. The van der Waals surface area contributed by atoms with Crippen LogP contribution in [0.4, 0.5) is 0 Å². The number of aryl methyl sites for hydroxylation is 1. The van der Waals surface area contributed by atoms with Crippen LogP contribution in [0.2, 0.25) is 0 Å². The number of benzene rings is 2. The number of hydrogen-bond donors (Lipinski definition) is 1. The van der Waals surface area contributed by atoms with E-state index in [1.165, 1.54) is 5.56 Å². The summed E-state index contributed by atoms with van der Waals surface area (Å²) in [5, 5.41) is 3.07. The van der Waals surface area contributed by atoms with E-state index in [0.29, 0.717) is 6.54 Å². The lowest BCUT2D eigenvalue weighted by atomic mass is 10.1. The van der Waals surface area contributed by atoms with Gasteiger partial charge in [-0.2, -0.15) is 0 Å². The number of fused-ring (bicyclic) bond motifs is 1. The largest absolute Gasteiger partial charge is 0.352 e. The normalized spacial score (nSPS) is 12.2.